The molecule has 2 aromatic rings. The Balaban J connectivity index is 2.25. The van der Waals surface area contributed by atoms with Gasteiger partial charge in [-0.3, -0.25) is 0 Å². The lowest BCUT2D eigenvalue weighted by Gasteiger charge is -2.13. The molecule has 0 bridgehead atoms. The number of benzene rings is 2. The van der Waals surface area contributed by atoms with Gasteiger partial charge >= 0.3 is 0 Å². The lowest BCUT2D eigenvalue weighted by molar-refractivity contribution is 0.565. The molecule has 112 valence electrons. The van der Waals surface area contributed by atoms with Crippen molar-refractivity contribution < 1.29 is 8.78 Å². The summed E-state index contributed by atoms with van der Waals surface area (Å²) in [5.41, 5.74) is 1.70. The number of nitrogens with one attached hydrogen (secondary N) is 1. The number of hydrogen-bond acceptors (Lipinski definition) is 1. The van der Waals surface area contributed by atoms with Crippen molar-refractivity contribution in [3.63, 3.8) is 0 Å². The van der Waals surface area contributed by atoms with Crippen molar-refractivity contribution in [2.45, 2.75) is 26.3 Å². The highest BCUT2D eigenvalue weighted by atomic mass is 79.9. The first-order valence-corrected chi connectivity index (χ1v) is 7.78. The highest BCUT2D eigenvalue weighted by molar-refractivity contribution is 9.10. The quantitative estimate of drug-likeness (QED) is 0.751. The molecule has 0 heterocycles. The molecule has 0 fully saturated rings. The predicted octanol–water partition coefficient (Wildman–Crippen LogP) is 4.93. The van der Waals surface area contributed by atoms with Crippen LogP contribution >= 0.6 is 15.9 Å². The van der Waals surface area contributed by atoms with Crippen LogP contribution in [0.25, 0.3) is 11.1 Å². The fourth-order valence-corrected chi connectivity index (χ4v) is 2.70. The zero-order valence-electron chi connectivity index (χ0n) is 12.1. The third-order valence-electron chi connectivity index (χ3n) is 3.38. The Kier molecular flexibility index (Phi) is 5.48. The Morgan fingerprint density at radius 2 is 1.76 bits per heavy atom. The Morgan fingerprint density at radius 1 is 1.10 bits per heavy atom. The monoisotopic (exact) mass is 353 g/mol. The maximum Gasteiger partial charge on any atom is 0.148 e. The molecule has 1 atom stereocenters. The van der Waals surface area contributed by atoms with Gasteiger partial charge in [-0.1, -0.05) is 31.2 Å². The van der Waals surface area contributed by atoms with Crippen LogP contribution in [0.4, 0.5) is 8.78 Å². The van der Waals surface area contributed by atoms with E-state index >= 15 is 0 Å². The van der Waals surface area contributed by atoms with E-state index in [1.807, 2.05) is 12.1 Å². The third kappa shape index (κ3) is 3.89. The predicted molar refractivity (Wildman–Crippen MR) is 86.3 cm³/mol. The van der Waals surface area contributed by atoms with Gasteiger partial charge in [-0.25, -0.2) is 8.78 Å². The van der Waals surface area contributed by atoms with Crippen molar-refractivity contribution in [2.75, 3.05) is 6.54 Å². The molecule has 0 radical (unpaired) electrons. The first-order valence-electron chi connectivity index (χ1n) is 6.99. The summed E-state index contributed by atoms with van der Waals surface area (Å²) in [5.74, 6) is -1.12. The summed E-state index contributed by atoms with van der Waals surface area (Å²) in [4.78, 5) is 0. The van der Waals surface area contributed by atoms with Crippen LogP contribution in [-0.4, -0.2) is 12.6 Å². The SMILES string of the molecule is CCNC(C)Cc1ccc(-c2c(F)ccc(Br)c2F)cc1. The minimum absolute atomic E-state index is 0.00987. The minimum atomic E-state index is -0.566. The van der Waals surface area contributed by atoms with Crippen LogP contribution in [0.15, 0.2) is 40.9 Å². The molecule has 1 unspecified atom stereocenters. The highest BCUT2D eigenvalue weighted by Gasteiger charge is 2.14. The fourth-order valence-electron chi connectivity index (χ4n) is 2.37. The highest BCUT2D eigenvalue weighted by Crippen LogP contribution is 2.30. The molecule has 0 amide bonds. The van der Waals surface area contributed by atoms with Crippen LogP contribution in [-0.2, 0) is 6.42 Å². The second kappa shape index (κ2) is 7.14. The van der Waals surface area contributed by atoms with E-state index in [9.17, 15) is 8.78 Å². The summed E-state index contributed by atoms with van der Waals surface area (Å²) in [7, 11) is 0. The molecule has 0 aromatic heterocycles. The van der Waals surface area contributed by atoms with E-state index in [0.717, 1.165) is 18.5 Å². The van der Waals surface area contributed by atoms with E-state index in [4.69, 9.17) is 0 Å². The van der Waals surface area contributed by atoms with Crippen molar-refractivity contribution in [2.24, 2.45) is 0 Å². The molecule has 1 N–H and O–H groups in total. The number of likely N-dealkylation sites (N-methyl/N-ethyl adjacent to an activating group) is 1. The van der Waals surface area contributed by atoms with E-state index in [-0.39, 0.29) is 10.0 Å². The summed E-state index contributed by atoms with van der Waals surface area (Å²) in [6.07, 6.45) is 0.886. The van der Waals surface area contributed by atoms with Crippen molar-refractivity contribution in [1.82, 2.24) is 5.32 Å². The topological polar surface area (TPSA) is 12.0 Å². The molecular formula is C17H18BrF2N. The van der Waals surface area contributed by atoms with Gasteiger partial charge in [0.15, 0.2) is 0 Å². The molecule has 1 nitrogen and oxygen atoms in total. The van der Waals surface area contributed by atoms with E-state index in [2.05, 4.69) is 35.1 Å². The van der Waals surface area contributed by atoms with Crippen molar-refractivity contribution in [3.8, 4) is 11.1 Å². The molecular weight excluding hydrogens is 336 g/mol. The van der Waals surface area contributed by atoms with Gasteiger partial charge in [0.1, 0.15) is 11.6 Å². The second-order valence-corrected chi connectivity index (χ2v) is 5.93. The van der Waals surface area contributed by atoms with Gasteiger partial charge in [0.2, 0.25) is 0 Å². The van der Waals surface area contributed by atoms with E-state index in [1.165, 1.54) is 12.1 Å². The Labute approximate surface area is 132 Å². The van der Waals surface area contributed by atoms with Crippen LogP contribution in [0.2, 0.25) is 0 Å². The average Bonchev–Trinajstić information content (AvgIpc) is 2.45. The average molecular weight is 354 g/mol. The third-order valence-corrected chi connectivity index (χ3v) is 3.99. The maximum atomic E-state index is 14.1. The van der Waals surface area contributed by atoms with Gasteiger partial charge < -0.3 is 5.32 Å². The second-order valence-electron chi connectivity index (χ2n) is 5.08. The van der Waals surface area contributed by atoms with E-state index in [1.54, 1.807) is 12.1 Å². The van der Waals surface area contributed by atoms with Crippen LogP contribution in [0.3, 0.4) is 0 Å². The van der Waals surface area contributed by atoms with E-state index in [0.29, 0.717) is 11.6 Å². The Morgan fingerprint density at radius 3 is 2.38 bits per heavy atom. The van der Waals surface area contributed by atoms with E-state index < -0.39 is 11.6 Å². The number of hydrogen-bond donors (Lipinski definition) is 1. The van der Waals surface area contributed by atoms with Gasteiger partial charge in [-0.15, -0.1) is 0 Å². The Bertz CT molecular complexity index is 611. The van der Waals surface area contributed by atoms with Crippen LogP contribution < -0.4 is 5.32 Å². The molecule has 21 heavy (non-hydrogen) atoms. The van der Waals surface area contributed by atoms with Gasteiger partial charge in [-0.2, -0.15) is 0 Å². The first kappa shape index (κ1) is 16.1. The summed E-state index contributed by atoms with van der Waals surface area (Å²) in [6, 6.07) is 10.4. The fraction of sp³-hybridized carbons (Fsp3) is 0.294. The summed E-state index contributed by atoms with van der Waals surface area (Å²) in [5, 5.41) is 3.34. The lowest BCUT2D eigenvalue weighted by atomic mass is 10.0. The molecule has 0 spiro atoms. The smallest absolute Gasteiger partial charge is 0.148 e. The summed E-state index contributed by atoms with van der Waals surface area (Å²) < 4.78 is 28.2. The molecule has 0 aliphatic rings. The summed E-state index contributed by atoms with van der Waals surface area (Å²) >= 11 is 3.09. The molecule has 4 heteroatoms. The molecule has 0 saturated carbocycles. The van der Waals surface area contributed by atoms with Crippen molar-refractivity contribution in [3.05, 3.63) is 58.1 Å². The normalized spacial score (nSPS) is 12.4. The van der Waals surface area contributed by atoms with Gasteiger partial charge in [0, 0.05) is 6.04 Å². The molecule has 2 rings (SSSR count). The van der Waals surface area contributed by atoms with Crippen LogP contribution in [0.5, 0.6) is 0 Å². The maximum absolute atomic E-state index is 14.1. The van der Waals surface area contributed by atoms with Gasteiger partial charge in [0.25, 0.3) is 0 Å². The first-order chi connectivity index (χ1) is 10.0. The zero-order valence-corrected chi connectivity index (χ0v) is 13.7. The van der Waals surface area contributed by atoms with Gasteiger partial charge in [0.05, 0.1) is 10.0 Å². The molecule has 2 aromatic carbocycles. The van der Waals surface area contributed by atoms with Crippen LogP contribution in [0.1, 0.15) is 19.4 Å². The zero-order chi connectivity index (χ0) is 15.4. The van der Waals surface area contributed by atoms with Crippen molar-refractivity contribution in [1.29, 1.82) is 0 Å². The number of halogens is 3. The van der Waals surface area contributed by atoms with Gasteiger partial charge in [-0.05, 0) is 59.1 Å². The summed E-state index contributed by atoms with van der Waals surface area (Å²) in [6.45, 7) is 5.11. The number of rotatable bonds is 5. The minimum Gasteiger partial charge on any atom is -0.314 e. The molecule has 0 saturated heterocycles. The van der Waals surface area contributed by atoms with Crippen LogP contribution in [0, 0.1) is 11.6 Å². The van der Waals surface area contributed by atoms with Crippen molar-refractivity contribution >= 4 is 15.9 Å². The largest absolute Gasteiger partial charge is 0.314 e. The standard InChI is InChI=1S/C17H18BrF2N/c1-3-21-11(2)10-12-4-6-13(7-5-12)16-15(19)9-8-14(18)17(16)20/h4-9,11,21H,3,10H2,1-2H3. The Hall–Kier alpha value is -1.26. The lowest BCUT2D eigenvalue weighted by Crippen LogP contribution is -2.27. The molecule has 0 aliphatic carbocycles. The molecule has 0 aliphatic heterocycles.